The number of hydrogen-bond acceptors (Lipinski definition) is 2. The van der Waals surface area contributed by atoms with Crippen LogP contribution in [0.25, 0.3) is 11.1 Å². The second kappa shape index (κ2) is 17.7. The SMILES string of the molecule is CCCCCCc1ccc(P(c2ccc(CCCCCC)cc2)c2c(-c3cc(OC)cc(C(C)(C)C)c3)cc(OC)cc2C(C)(C)C)cc1. The first kappa shape index (κ1) is 38.7. The van der Waals surface area contributed by atoms with Gasteiger partial charge in [0.15, 0.2) is 0 Å². The molecule has 0 aliphatic rings. The molecule has 0 radical (unpaired) electrons. The number of hydrogen-bond donors (Lipinski definition) is 0. The van der Waals surface area contributed by atoms with Gasteiger partial charge in [-0.15, -0.1) is 0 Å². The molecule has 264 valence electrons. The van der Waals surface area contributed by atoms with Gasteiger partial charge in [-0.1, -0.05) is 149 Å². The van der Waals surface area contributed by atoms with Crippen LogP contribution in [0.2, 0.25) is 0 Å². The Balaban J connectivity index is 1.97. The average molecular weight is 679 g/mol. The minimum atomic E-state index is -0.903. The number of benzene rings is 4. The summed E-state index contributed by atoms with van der Waals surface area (Å²) in [5, 5.41) is 4.18. The molecule has 0 aliphatic carbocycles. The number of ether oxygens (including phenoxy) is 2. The molecule has 0 fully saturated rings. The summed E-state index contributed by atoms with van der Waals surface area (Å²) in [6.45, 7) is 18.4. The maximum Gasteiger partial charge on any atom is 0.119 e. The van der Waals surface area contributed by atoms with Crippen molar-refractivity contribution in [2.24, 2.45) is 0 Å². The number of unbranched alkanes of at least 4 members (excludes halogenated alkanes) is 6. The molecule has 0 saturated carbocycles. The molecule has 2 nitrogen and oxygen atoms in total. The molecule has 4 rings (SSSR count). The predicted octanol–water partition coefficient (Wildman–Crippen LogP) is 12.0. The van der Waals surface area contributed by atoms with Crippen LogP contribution in [0.15, 0.2) is 78.9 Å². The van der Waals surface area contributed by atoms with E-state index in [9.17, 15) is 0 Å². The van der Waals surface area contributed by atoms with E-state index >= 15 is 0 Å². The van der Waals surface area contributed by atoms with Crippen molar-refractivity contribution >= 4 is 23.8 Å². The van der Waals surface area contributed by atoms with Crippen LogP contribution in [0.3, 0.4) is 0 Å². The van der Waals surface area contributed by atoms with Gasteiger partial charge in [-0.2, -0.15) is 0 Å². The quantitative estimate of drug-likeness (QED) is 0.0867. The van der Waals surface area contributed by atoms with E-state index in [2.05, 4.69) is 134 Å². The third-order valence-electron chi connectivity index (χ3n) is 9.70. The van der Waals surface area contributed by atoms with E-state index in [1.165, 1.54) is 101 Å². The van der Waals surface area contributed by atoms with Crippen LogP contribution < -0.4 is 25.4 Å². The largest absolute Gasteiger partial charge is 0.497 e. The third kappa shape index (κ3) is 10.5. The average Bonchev–Trinajstić information content (AvgIpc) is 3.08. The normalized spacial score (nSPS) is 12.1. The minimum absolute atomic E-state index is 0.0279. The maximum absolute atomic E-state index is 6.03. The molecule has 49 heavy (non-hydrogen) atoms. The van der Waals surface area contributed by atoms with E-state index in [1.54, 1.807) is 14.2 Å². The Morgan fingerprint density at radius 1 is 0.531 bits per heavy atom. The summed E-state index contributed by atoms with van der Waals surface area (Å²) in [5.74, 6) is 1.78. The summed E-state index contributed by atoms with van der Waals surface area (Å²) >= 11 is 0. The lowest BCUT2D eigenvalue weighted by molar-refractivity contribution is 0.412. The highest BCUT2D eigenvalue weighted by Crippen LogP contribution is 2.44. The van der Waals surface area contributed by atoms with Gasteiger partial charge in [-0.3, -0.25) is 0 Å². The highest BCUT2D eigenvalue weighted by molar-refractivity contribution is 7.80. The van der Waals surface area contributed by atoms with Crippen molar-refractivity contribution in [3.05, 3.63) is 101 Å². The van der Waals surface area contributed by atoms with Crippen LogP contribution in [0.4, 0.5) is 0 Å². The molecule has 4 aromatic carbocycles. The zero-order valence-corrected chi connectivity index (χ0v) is 33.2. The van der Waals surface area contributed by atoms with Gasteiger partial charge in [-0.25, -0.2) is 0 Å². The first-order valence-corrected chi connectivity index (χ1v) is 20.1. The van der Waals surface area contributed by atoms with E-state index in [-0.39, 0.29) is 10.8 Å². The zero-order chi connectivity index (χ0) is 35.6. The van der Waals surface area contributed by atoms with E-state index in [0.717, 1.165) is 24.3 Å². The first-order valence-electron chi connectivity index (χ1n) is 18.8. The molecule has 0 spiro atoms. The van der Waals surface area contributed by atoms with Crippen LogP contribution in [0.5, 0.6) is 11.5 Å². The second-order valence-electron chi connectivity index (χ2n) is 15.8. The Hall–Kier alpha value is -3.09. The summed E-state index contributed by atoms with van der Waals surface area (Å²) in [6.07, 6.45) is 12.6. The predicted molar refractivity (Wildman–Crippen MR) is 217 cm³/mol. The summed E-state index contributed by atoms with van der Waals surface area (Å²) in [7, 11) is 2.66. The molecule has 0 atom stereocenters. The second-order valence-corrected chi connectivity index (χ2v) is 18.0. The van der Waals surface area contributed by atoms with Gasteiger partial charge in [-0.05, 0) is 118 Å². The molecule has 0 aliphatic heterocycles. The van der Waals surface area contributed by atoms with Crippen LogP contribution in [0.1, 0.15) is 129 Å². The van der Waals surface area contributed by atoms with Crippen molar-refractivity contribution in [2.45, 2.75) is 130 Å². The van der Waals surface area contributed by atoms with Gasteiger partial charge in [0.05, 0.1) is 14.2 Å². The lowest BCUT2D eigenvalue weighted by Gasteiger charge is -2.32. The fraction of sp³-hybridized carbons (Fsp3) is 0.478. The fourth-order valence-electron chi connectivity index (χ4n) is 6.61. The molecule has 0 amide bonds. The molecular formula is C46H63O2P. The lowest BCUT2D eigenvalue weighted by Crippen LogP contribution is -2.30. The summed E-state index contributed by atoms with van der Waals surface area (Å²) in [6, 6.07) is 30.6. The van der Waals surface area contributed by atoms with Gasteiger partial charge in [0.25, 0.3) is 0 Å². The maximum atomic E-state index is 6.03. The molecule has 0 N–H and O–H groups in total. The van der Waals surface area contributed by atoms with Crippen molar-refractivity contribution in [3.8, 4) is 22.6 Å². The summed E-state index contributed by atoms with van der Waals surface area (Å²) in [4.78, 5) is 0. The highest BCUT2D eigenvalue weighted by atomic mass is 31.1. The van der Waals surface area contributed by atoms with Crippen LogP contribution in [-0.2, 0) is 23.7 Å². The lowest BCUT2D eigenvalue weighted by atomic mass is 9.83. The van der Waals surface area contributed by atoms with Crippen LogP contribution in [-0.4, -0.2) is 14.2 Å². The monoisotopic (exact) mass is 678 g/mol. The van der Waals surface area contributed by atoms with E-state index < -0.39 is 7.92 Å². The number of aryl methyl sites for hydroxylation is 2. The van der Waals surface area contributed by atoms with Crippen molar-refractivity contribution in [2.75, 3.05) is 14.2 Å². The molecule has 3 heteroatoms. The first-order chi connectivity index (χ1) is 23.4. The standard InChI is InChI=1S/C46H63O2P/c1-11-13-15-17-19-34-21-25-40(26-22-34)49(41-27-23-35(24-28-41)20-18-16-14-12-2)44-42(32-39(48-10)33-43(44)46(6,7)8)36-29-37(45(3,4)5)31-38(30-36)47-9/h21-33H,11-20H2,1-10H3. The van der Waals surface area contributed by atoms with Crippen LogP contribution >= 0.6 is 7.92 Å². The Bertz CT molecular complexity index is 1550. The molecule has 0 unspecified atom stereocenters. The Kier molecular flexibility index (Phi) is 14.0. The molecular weight excluding hydrogens is 615 g/mol. The van der Waals surface area contributed by atoms with Crippen molar-refractivity contribution in [1.29, 1.82) is 0 Å². The van der Waals surface area contributed by atoms with E-state index in [4.69, 9.17) is 9.47 Å². The Morgan fingerprint density at radius 3 is 1.45 bits per heavy atom. The number of rotatable bonds is 16. The minimum Gasteiger partial charge on any atom is -0.497 e. The zero-order valence-electron chi connectivity index (χ0n) is 32.3. The molecule has 0 aromatic heterocycles. The molecule has 0 bridgehead atoms. The van der Waals surface area contributed by atoms with E-state index in [0.29, 0.717) is 0 Å². The van der Waals surface area contributed by atoms with Crippen LogP contribution in [0, 0.1) is 0 Å². The van der Waals surface area contributed by atoms with Gasteiger partial charge < -0.3 is 9.47 Å². The summed E-state index contributed by atoms with van der Waals surface area (Å²) in [5.41, 5.74) is 7.74. The van der Waals surface area contributed by atoms with Gasteiger partial charge in [0.2, 0.25) is 0 Å². The number of methoxy groups -OCH3 is 2. The molecule has 4 aromatic rings. The van der Waals surface area contributed by atoms with Crippen molar-refractivity contribution in [1.82, 2.24) is 0 Å². The van der Waals surface area contributed by atoms with Gasteiger partial charge in [0, 0.05) is 0 Å². The third-order valence-corrected chi connectivity index (χ3v) is 12.3. The Morgan fingerprint density at radius 2 is 1.02 bits per heavy atom. The van der Waals surface area contributed by atoms with Crippen molar-refractivity contribution < 1.29 is 9.47 Å². The van der Waals surface area contributed by atoms with Gasteiger partial charge in [0.1, 0.15) is 11.5 Å². The Labute approximate surface area is 300 Å². The van der Waals surface area contributed by atoms with E-state index in [1.807, 2.05) is 0 Å². The van der Waals surface area contributed by atoms with Crippen molar-refractivity contribution in [3.63, 3.8) is 0 Å². The topological polar surface area (TPSA) is 18.5 Å². The fourth-order valence-corrected chi connectivity index (χ4v) is 9.39. The molecule has 0 saturated heterocycles. The molecule has 0 heterocycles. The highest BCUT2D eigenvalue weighted by Gasteiger charge is 2.30. The van der Waals surface area contributed by atoms with Gasteiger partial charge >= 0.3 is 0 Å². The summed E-state index contributed by atoms with van der Waals surface area (Å²) < 4.78 is 12.0. The smallest absolute Gasteiger partial charge is 0.119 e.